The number of carbonyl (C=O) groups is 1. The van der Waals surface area contributed by atoms with Crippen molar-refractivity contribution in [2.45, 2.75) is 17.1 Å². The number of rotatable bonds is 7. The zero-order valence-corrected chi connectivity index (χ0v) is 16.9. The second-order valence-electron chi connectivity index (χ2n) is 5.56. The fraction of sp³-hybridized carbons (Fsp3) is 0.167. The molecule has 2 aromatic heterocycles. The van der Waals surface area contributed by atoms with Crippen molar-refractivity contribution in [3.63, 3.8) is 0 Å². The number of sulfone groups is 1. The van der Waals surface area contributed by atoms with E-state index in [2.05, 4.69) is 21.2 Å². The molecule has 0 bridgehead atoms. The van der Waals surface area contributed by atoms with Gasteiger partial charge in [-0.25, -0.2) is 8.42 Å². The average Bonchev–Trinajstić information content (AvgIpc) is 3.24. The monoisotopic (exact) mass is 453 g/mol. The Balaban J connectivity index is 1.65. The molecular weight excluding hydrogens is 438 g/mol. The largest absolute Gasteiger partial charge is 0.459 e. The van der Waals surface area contributed by atoms with E-state index in [-0.39, 0.29) is 16.4 Å². The second kappa shape index (κ2) is 8.20. The van der Waals surface area contributed by atoms with Crippen LogP contribution in [0.1, 0.15) is 21.0 Å². The van der Waals surface area contributed by atoms with Crippen molar-refractivity contribution in [1.29, 1.82) is 0 Å². The number of thiophene rings is 1. The van der Waals surface area contributed by atoms with Crippen molar-refractivity contribution in [3.8, 4) is 0 Å². The van der Waals surface area contributed by atoms with Crippen LogP contribution in [-0.2, 0) is 22.0 Å². The first kappa shape index (κ1) is 18.9. The van der Waals surface area contributed by atoms with Gasteiger partial charge in [-0.2, -0.15) is 0 Å². The summed E-state index contributed by atoms with van der Waals surface area (Å²) in [5.41, 5.74) is 0.352. The van der Waals surface area contributed by atoms with Crippen LogP contribution in [0.3, 0.4) is 0 Å². The van der Waals surface area contributed by atoms with Crippen LogP contribution in [0.5, 0.6) is 0 Å². The Morgan fingerprint density at radius 2 is 1.88 bits per heavy atom. The molecule has 5 nitrogen and oxygen atoms in total. The molecule has 3 aromatic rings. The quantitative estimate of drug-likeness (QED) is 0.585. The van der Waals surface area contributed by atoms with E-state index < -0.39 is 15.7 Å². The normalized spacial score (nSPS) is 11.4. The van der Waals surface area contributed by atoms with Gasteiger partial charge < -0.3 is 9.73 Å². The minimum atomic E-state index is -3.54. The number of carbonyl (C=O) groups excluding carboxylic acids is 1. The Morgan fingerprint density at radius 3 is 2.58 bits per heavy atom. The number of hydrogen-bond acceptors (Lipinski definition) is 5. The van der Waals surface area contributed by atoms with E-state index in [4.69, 9.17) is 4.42 Å². The number of nitrogens with one attached hydrogen (secondary N) is 1. The van der Waals surface area contributed by atoms with Gasteiger partial charge in [0, 0.05) is 17.0 Å². The van der Waals surface area contributed by atoms with Gasteiger partial charge >= 0.3 is 0 Å². The van der Waals surface area contributed by atoms with Crippen LogP contribution in [0.15, 0.2) is 67.9 Å². The van der Waals surface area contributed by atoms with Crippen molar-refractivity contribution in [2.75, 3.05) is 6.54 Å². The molecule has 0 unspecified atom stereocenters. The van der Waals surface area contributed by atoms with E-state index in [1.165, 1.54) is 24.5 Å². The summed E-state index contributed by atoms with van der Waals surface area (Å²) in [7, 11) is -3.54. The van der Waals surface area contributed by atoms with Crippen molar-refractivity contribution < 1.29 is 17.6 Å². The zero-order valence-electron chi connectivity index (χ0n) is 13.6. The molecule has 0 aliphatic carbocycles. The van der Waals surface area contributed by atoms with E-state index in [0.717, 1.165) is 8.66 Å². The SMILES string of the molecule is O=C(NCCc1ccc(Br)s1)c1occc1CS(=O)(=O)c1ccccc1. The number of amides is 1. The summed E-state index contributed by atoms with van der Waals surface area (Å²) in [5.74, 6) is -0.658. The first-order chi connectivity index (χ1) is 12.5. The third-order valence-electron chi connectivity index (χ3n) is 3.69. The van der Waals surface area contributed by atoms with Crippen LogP contribution in [-0.4, -0.2) is 20.9 Å². The molecule has 1 amide bonds. The molecule has 0 fully saturated rings. The smallest absolute Gasteiger partial charge is 0.287 e. The molecule has 3 rings (SSSR count). The van der Waals surface area contributed by atoms with Gasteiger partial charge in [0.05, 0.1) is 20.7 Å². The molecule has 0 atom stereocenters. The van der Waals surface area contributed by atoms with E-state index in [1.807, 2.05) is 12.1 Å². The summed E-state index contributed by atoms with van der Waals surface area (Å²) >= 11 is 5.01. The molecule has 0 saturated heterocycles. The maximum atomic E-state index is 12.5. The second-order valence-corrected chi connectivity index (χ2v) is 10.1. The van der Waals surface area contributed by atoms with E-state index in [0.29, 0.717) is 18.5 Å². The predicted molar refractivity (Wildman–Crippen MR) is 104 cm³/mol. The molecule has 0 saturated carbocycles. The standard InChI is InChI=1S/C18H16BrNO4S2/c19-16-7-6-14(25-16)8-10-20-18(21)17-13(9-11-24-17)12-26(22,23)15-4-2-1-3-5-15/h1-7,9,11H,8,10,12H2,(H,20,21). The third kappa shape index (κ3) is 4.63. The van der Waals surface area contributed by atoms with Gasteiger partial charge in [-0.05, 0) is 52.7 Å². The van der Waals surface area contributed by atoms with Crippen LogP contribution in [0.25, 0.3) is 0 Å². The molecule has 1 aromatic carbocycles. The van der Waals surface area contributed by atoms with Crippen molar-refractivity contribution >= 4 is 43.0 Å². The molecule has 0 spiro atoms. The maximum Gasteiger partial charge on any atom is 0.287 e. The number of halogens is 1. The van der Waals surface area contributed by atoms with Gasteiger partial charge in [0.25, 0.3) is 5.91 Å². The lowest BCUT2D eigenvalue weighted by Crippen LogP contribution is -2.26. The zero-order chi connectivity index (χ0) is 18.6. The number of hydrogen-bond donors (Lipinski definition) is 1. The first-order valence-corrected chi connectivity index (χ1v) is 11.1. The summed E-state index contributed by atoms with van der Waals surface area (Å²) in [6.45, 7) is 0.442. The topological polar surface area (TPSA) is 76.4 Å². The summed E-state index contributed by atoms with van der Waals surface area (Å²) in [6, 6.07) is 13.6. The Kier molecular flexibility index (Phi) is 5.95. The lowest BCUT2D eigenvalue weighted by atomic mass is 10.2. The Bertz CT molecular complexity index is 993. The third-order valence-corrected chi connectivity index (χ3v) is 7.05. The minimum Gasteiger partial charge on any atom is -0.459 e. The van der Waals surface area contributed by atoms with Crippen LogP contribution >= 0.6 is 27.3 Å². The lowest BCUT2D eigenvalue weighted by Gasteiger charge is -2.06. The summed E-state index contributed by atoms with van der Waals surface area (Å²) in [4.78, 5) is 13.7. The molecule has 26 heavy (non-hydrogen) atoms. The Morgan fingerprint density at radius 1 is 1.12 bits per heavy atom. The van der Waals surface area contributed by atoms with Gasteiger partial charge in [-0.3, -0.25) is 4.79 Å². The Labute approximate surface area is 164 Å². The van der Waals surface area contributed by atoms with Gasteiger partial charge in [0.2, 0.25) is 0 Å². The van der Waals surface area contributed by atoms with E-state index in [9.17, 15) is 13.2 Å². The number of furan rings is 1. The fourth-order valence-electron chi connectivity index (χ4n) is 2.43. The first-order valence-electron chi connectivity index (χ1n) is 7.82. The molecule has 0 radical (unpaired) electrons. The van der Waals surface area contributed by atoms with Crippen molar-refractivity contribution in [3.05, 3.63) is 74.8 Å². The van der Waals surface area contributed by atoms with Gasteiger partial charge in [0.1, 0.15) is 0 Å². The summed E-state index contributed by atoms with van der Waals surface area (Å²) in [5, 5.41) is 2.77. The van der Waals surface area contributed by atoms with Crippen LogP contribution < -0.4 is 5.32 Å². The highest BCUT2D eigenvalue weighted by Gasteiger charge is 2.22. The highest BCUT2D eigenvalue weighted by molar-refractivity contribution is 9.11. The highest BCUT2D eigenvalue weighted by Crippen LogP contribution is 2.22. The molecule has 1 N–H and O–H groups in total. The molecule has 8 heteroatoms. The van der Waals surface area contributed by atoms with E-state index >= 15 is 0 Å². The van der Waals surface area contributed by atoms with E-state index in [1.54, 1.807) is 29.5 Å². The van der Waals surface area contributed by atoms with Gasteiger partial charge in [-0.15, -0.1) is 11.3 Å². The summed E-state index contributed by atoms with van der Waals surface area (Å²) < 4.78 is 31.3. The predicted octanol–water partition coefficient (Wildman–Crippen LogP) is 4.05. The van der Waals surface area contributed by atoms with Crippen molar-refractivity contribution in [2.24, 2.45) is 0 Å². The lowest BCUT2D eigenvalue weighted by molar-refractivity contribution is 0.0925. The Hall–Kier alpha value is -1.90. The van der Waals surface area contributed by atoms with Gasteiger partial charge in [0.15, 0.2) is 15.6 Å². The maximum absolute atomic E-state index is 12.5. The molecule has 0 aliphatic heterocycles. The molecule has 0 aliphatic rings. The summed E-state index contributed by atoms with van der Waals surface area (Å²) in [6.07, 6.45) is 2.03. The molecule has 136 valence electrons. The molecule has 2 heterocycles. The molecular formula is C18H16BrNO4S2. The van der Waals surface area contributed by atoms with Crippen LogP contribution in [0, 0.1) is 0 Å². The highest BCUT2D eigenvalue weighted by atomic mass is 79.9. The number of benzene rings is 1. The van der Waals surface area contributed by atoms with Crippen LogP contribution in [0.2, 0.25) is 0 Å². The average molecular weight is 454 g/mol. The van der Waals surface area contributed by atoms with Crippen LogP contribution in [0.4, 0.5) is 0 Å². The van der Waals surface area contributed by atoms with Crippen molar-refractivity contribution in [1.82, 2.24) is 5.32 Å². The van der Waals surface area contributed by atoms with Gasteiger partial charge in [-0.1, -0.05) is 18.2 Å². The fourth-order valence-corrected chi connectivity index (χ4v) is 5.29. The minimum absolute atomic E-state index is 0.0388.